The van der Waals surface area contributed by atoms with Gasteiger partial charge in [0, 0.05) is 30.7 Å². The Bertz CT molecular complexity index is 732. The molecular weight excluding hydrogens is 304 g/mol. The Kier molecular flexibility index (Phi) is 3.88. The lowest BCUT2D eigenvalue weighted by molar-refractivity contribution is 0.0462. The summed E-state index contributed by atoms with van der Waals surface area (Å²) in [5.41, 5.74) is 2.29. The highest BCUT2D eigenvalue weighted by atomic mass is 16.5. The Hall–Kier alpha value is -2.14. The third-order valence-electron chi connectivity index (χ3n) is 5.26. The fourth-order valence-electron chi connectivity index (χ4n) is 3.93. The highest BCUT2D eigenvalue weighted by Gasteiger charge is 2.41. The summed E-state index contributed by atoms with van der Waals surface area (Å²) in [4.78, 5) is 15.2. The zero-order valence-electron chi connectivity index (χ0n) is 14.0. The molecule has 2 saturated heterocycles. The fraction of sp³-hybridized carbons (Fsp3) is 0.474. The van der Waals surface area contributed by atoms with Crippen molar-refractivity contribution in [2.45, 2.75) is 26.2 Å². The van der Waals surface area contributed by atoms with Gasteiger partial charge in [-0.15, -0.1) is 0 Å². The van der Waals surface area contributed by atoms with Gasteiger partial charge in [-0.25, -0.2) is 0 Å². The number of benzene rings is 1. The molecule has 126 valence electrons. The van der Waals surface area contributed by atoms with Gasteiger partial charge in [0.1, 0.15) is 17.0 Å². The average molecular weight is 326 g/mol. The number of hydrogen-bond donors (Lipinski definition) is 0. The quantitative estimate of drug-likeness (QED) is 0.850. The average Bonchev–Trinajstić information content (AvgIpc) is 3.22. The Morgan fingerprint density at radius 3 is 2.83 bits per heavy atom. The van der Waals surface area contributed by atoms with Crippen LogP contribution >= 0.6 is 0 Å². The topological polar surface area (TPSA) is 55.6 Å². The van der Waals surface area contributed by atoms with E-state index in [0.717, 1.165) is 51.1 Å². The minimum absolute atomic E-state index is 0.0265. The van der Waals surface area contributed by atoms with E-state index in [0.29, 0.717) is 17.0 Å². The molecule has 1 aromatic heterocycles. The second kappa shape index (κ2) is 6.06. The molecule has 2 fully saturated rings. The number of likely N-dealkylation sites (tertiary alicyclic amines) is 1. The van der Waals surface area contributed by atoms with E-state index in [1.54, 1.807) is 0 Å². The van der Waals surface area contributed by atoms with Crippen LogP contribution in [0, 0.1) is 12.3 Å². The summed E-state index contributed by atoms with van der Waals surface area (Å²) in [7, 11) is 0. The number of ether oxygens (including phenoxy) is 1. The maximum absolute atomic E-state index is 13.2. The fourth-order valence-corrected chi connectivity index (χ4v) is 3.93. The Morgan fingerprint density at radius 1 is 1.25 bits per heavy atom. The van der Waals surface area contributed by atoms with Crippen LogP contribution in [-0.2, 0) is 4.74 Å². The van der Waals surface area contributed by atoms with Gasteiger partial charge in [-0.05, 0) is 26.2 Å². The zero-order chi connectivity index (χ0) is 16.6. The summed E-state index contributed by atoms with van der Waals surface area (Å²) in [6.07, 6.45) is 3.22. The number of carbonyl (C=O) groups excluding carboxylic acids is 1. The van der Waals surface area contributed by atoms with E-state index in [1.165, 1.54) is 0 Å². The van der Waals surface area contributed by atoms with Crippen molar-refractivity contribution in [3.63, 3.8) is 0 Å². The van der Waals surface area contributed by atoms with Gasteiger partial charge < -0.3 is 14.2 Å². The lowest BCUT2D eigenvalue weighted by atomic mass is 9.79. The van der Waals surface area contributed by atoms with Crippen LogP contribution in [0.25, 0.3) is 11.3 Å². The van der Waals surface area contributed by atoms with E-state index >= 15 is 0 Å². The lowest BCUT2D eigenvalue weighted by Crippen LogP contribution is -2.46. The maximum atomic E-state index is 13.2. The van der Waals surface area contributed by atoms with Gasteiger partial charge >= 0.3 is 0 Å². The first-order valence-corrected chi connectivity index (χ1v) is 8.57. The molecule has 2 aliphatic heterocycles. The molecule has 0 radical (unpaired) electrons. The summed E-state index contributed by atoms with van der Waals surface area (Å²) >= 11 is 0. The standard InChI is InChI=1S/C19H22N2O3/c1-14-16(17(20-24-14)15-6-3-2-4-7-15)18(22)21-10-5-8-19(12-21)9-11-23-13-19/h2-4,6-7H,5,8-13H2,1H3/t19-/m1/s1. The molecule has 5 heteroatoms. The molecule has 1 atom stereocenters. The third kappa shape index (κ3) is 2.63. The van der Waals surface area contributed by atoms with Crippen LogP contribution in [0.1, 0.15) is 35.4 Å². The van der Waals surface area contributed by atoms with E-state index in [4.69, 9.17) is 9.26 Å². The van der Waals surface area contributed by atoms with Gasteiger partial charge in [-0.2, -0.15) is 0 Å². The maximum Gasteiger partial charge on any atom is 0.259 e. The predicted octanol–water partition coefficient (Wildman–Crippen LogP) is 3.29. The van der Waals surface area contributed by atoms with Gasteiger partial charge in [-0.1, -0.05) is 35.5 Å². The van der Waals surface area contributed by atoms with Crippen molar-refractivity contribution in [2.75, 3.05) is 26.3 Å². The van der Waals surface area contributed by atoms with Gasteiger partial charge in [0.2, 0.25) is 0 Å². The predicted molar refractivity (Wildman–Crippen MR) is 89.7 cm³/mol. The summed E-state index contributed by atoms with van der Waals surface area (Å²) in [6.45, 7) is 4.95. The molecule has 4 rings (SSSR count). The highest BCUT2D eigenvalue weighted by molar-refractivity contribution is 6.00. The molecule has 2 aliphatic rings. The van der Waals surface area contributed by atoms with Gasteiger partial charge in [0.25, 0.3) is 5.91 Å². The SMILES string of the molecule is Cc1onc(-c2ccccc2)c1C(=O)N1CCC[C@@]2(CCOC2)C1. The van der Waals surface area contributed by atoms with Crippen molar-refractivity contribution in [2.24, 2.45) is 5.41 Å². The summed E-state index contributed by atoms with van der Waals surface area (Å²) < 4.78 is 11.0. The number of amides is 1. The minimum atomic E-state index is 0.0265. The number of rotatable bonds is 2. The van der Waals surface area contributed by atoms with E-state index in [9.17, 15) is 4.79 Å². The Balaban J connectivity index is 1.64. The van der Waals surface area contributed by atoms with E-state index in [-0.39, 0.29) is 11.3 Å². The Labute approximate surface area is 141 Å². The highest BCUT2D eigenvalue weighted by Crippen LogP contribution is 2.38. The van der Waals surface area contributed by atoms with Crippen LogP contribution in [0.5, 0.6) is 0 Å². The lowest BCUT2D eigenvalue weighted by Gasteiger charge is -2.39. The monoisotopic (exact) mass is 326 g/mol. The number of nitrogens with zero attached hydrogens (tertiary/aromatic N) is 2. The number of aryl methyl sites for hydroxylation is 1. The first-order valence-electron chi connectivity index (χ1n) is 8.57. The van der Waals surface area contributed by atoms with Crippen LogP contribution in [-0.4, -0.2) is 42.3 Å². The van der Waals surface area contributed by atoms with E-state index in [1.807, 2.05) is 42.2 Å². The molecule has 5 nitrogen and oxygen atoms in total. The van der Waals surface area contributed by atoms with Crippen molar-refractivity contribution in [1.29, 1.82) is 0 Å². The van der Waals surface area contributed by atoms with Crippen molar-refractivity contribution in [3.8, 4) is 11.3 Å². The summed E-state index contributed by atoms with van der Waals surface area (Å²) in [5.74, 6) is 0.611. The summed E-state index contributed by atoms with van der Waals surface area (Å²) in [6, 6.07) is 9.75. The first-order chi connectivity index (χ1) is 11.7. The zero-order valence-corrected chi connectivity index (χ0v) is 14.0. The normalized spacial score (nSPS) is 23.8. The second-order valence-electron chi connectivity index (χ2n) is 6.96. The second-order valence-corrected chi connectivity index (χ2v) is 6.96. The molecule has 1 spiro atoms. The molecule has 0 unspecified atom stereocenters. The minimum Gasteiger partial charge on any atom is -0.381 e. The number of piperidine rings is 1. The van der Waals surface area contributed by atoms with Crippen molar-refractivity contribution >= 4 is 5.91 Å². The molecule has 0 N–H and O–H groups in total. The van der Waals surface area contributed by atoms with Gasteiger partial charge in [-0.3, -0.25) is 4.79 Å². The van der Waals surface area contributed by atoms with Crippen molar-refractivity contribution in [3.05, 3.63) is 41.7 Å². The molecule has 0 aliphatic carbocycles. The molecule has 1 amide bonds. The number of hydrogen-bond acceptors (Lipinski definition) is 4. The van der Waals surface area contributed by atoms with Crippen LogP contribution in [0.2, 0.25) is 0 Å². The van der Waals surface area contributed by atoms with E-state index in [2.05, 4.69) is 5.16 Å². The van der Waals surface area contributed by atoms with Crippen LogP contribution in [0.4, 0.5) is 0 Å². The van der Waals surface area contributed by atoms with Crippen LogP contribution < -0.4 is 0 Å². The largest absolute Gasteiger partial charge is 0.381 e. The summed E-state index contributed by atoms with van der Waals surface area (Å²) in [5, 5.41) is 4.14. The number of carbonyl (C=O) groups is 1. The molecule has 0 saturated carbocycles. The Morgan fingerprint density at radius 2 is 2.08 bits per heavy atom. The molecule has 1 aromatic carbocycles. The molecule has 24 heavy (non-hydrogen) atoms. The van der Waals surface area contributed by atoms with Crippen LogP contribution in [0.15, 0.2) is 34.9 Å². The van der Waals surface area contributed by atoms with E-state index < -0.39 is 0 Å². The van der Waals surface area contributed by atoms with Gasteiger partial charge in [0.05, 0.1) is 6.61 Å². The smallest absolute Gasteiger partial charge is 0.259 e. The third-order valence-corrected chi connectivity index (χ3v) is 5.26. The number of aromatic nitrogens is 1. The van der Waals surface area contributed by atoms with Crippen molar-refractivity contribution < 1.29 is 14.1 Å². The van der Waals surface area contributed by atoms with Crippen LogP contribution in [0.3, 0.4) is 0 Å². The molecular formula is C19H22N2O3. The van der Waals surface area contributed by atoms with Crippen molar-refractivity contribution in [1.82, 2.24) is 10.1 Å². The first kappa shape index (κ1) is 15.4. The molecule has 2 aromatic rings. The molecule has 0 bridgehead atoms. The molecule has 3 heterocycles. The van der Waals surface area contributed by atoms with Gasteiger partial charge in [0.15, 0.2) is 0 Å².